The fraction of sp³-hybridized carbons (Fsp3) is 0.533. The van der Waals surface area contributed by atoms with Crippen LogP contribution in [0.2, 0.25) is 0 Å². The Balaban J connectivity index is 1.92. The highest BCUT2D eigenvalue weighted by atomic mass is 19.1. The molecule has 0 aromatic heterocycles. The van der Waals surface area contributed by atoms with E-state index in [1.165, 1.54) is 0 Å². The predicted octanol–water partition coefficient (Wildman–Crippen LogP) is 3.24. The molecule has 1 amide bonds. The first-order valence-corrected chi connectivity index (χ1v) is 7.00. The number of benzene rings is 1. The zero-order valence-electron chi connectivity index (χ0n) is 11.5. The largest absolute Gasteiger partial charge is 0.465 e. The molecule has 4 unspecified atom stereocenters. The van der Waals surface area contributed by atoms with Gasteiger partial charge in [0.25, 0.3) is 0 Å². The molecule has 0 saturated heterocycles. The number of amides is 1. The van der Waals surface area contributed by atoms with Gasteiger partial charge in [-0.1, -0.05) is 30.3 Å². The molecule has 2 rings (SSSR count). The molecule has 2 N–H and O–H groups in total. The summed E-state index contributed by atoms with van der Waals surface area (Å²) in [5, 5.41) is 10.9. The van der Waals surface area contributed by atoms with Crippen molar-refractivity contribution >= 4 is 6.09 Å². The van der Waals surface area contributed by atoms with Crippen LogP contribution < -0.4 is 5.32 Å². The molecular weight excluding hydrogens is 280 g/mol. The summed E-state index contributed by atoms with van der Waals surface area (Å²) in [5.74, 6) is 0. The van der Waals surface area contributed by atoms with Crippen molar-refractivity contribution in [3.63, 3.8) is 0 Å². The minimum absolute atomic E-state index is 0.0603. The minimum atomic E-state index is -1.30. The standard InChI is InChI=1S/C15H19F2NO3/c16-9-14(10-4-2-1-3-5-10)21-13-7-6-11(8-12(13)17)18-15(19)20/h1-5,11-14,18H,6-9H2,(H,19,20). The molecule has 0 radical (unpaired) electrons. The van der Waals surface area contributed by atoms with Gasteiger partial charge in [-0.15, -0.1) is 0 Å². The Morgan fingerprint density at radius 2 is 2.10 bits per heavy atom. The monoisotopic (exact) mass is 299 g/mol. The molecule has 1 aromatic rings. The predicted molar refractivity (Wildman–Crippen MR) is 73.7 cm³/mol. The van der Waals surface area contributed by atoms with Gasteiger partial charge in [-0.3, -0.25) is 0 Å². The van der Waals surface area contributed by atoms with Crippen LogP contribution in [0.25, 0.3) is 0 Å². The van der Waals surface area contributed by atoms with Gasteiger partial charge in [0, 0.05) is 12.5 Å². The third-order valence-electron chi connectivity index (χ3n) is 3.69. The second-order valence-electron chi connectivity index (χ2n) is 5.20. The molecule has 1 aliphatic carbocycles. The lowest BCUT2D eigenvalue weighted by molar-refractivity contribution is -0.0811. The molecule has 4 atom stereocenters. The molecule has 1 aliphatic rings. The quantitative estimate of drug-likeness (QED) is 0.877. The second kappa shape index (κ2) is 7.36. The summed E-state index contributed by atoms with van der Waals surface area (Å²) in [6.45, 7) is -0.718. The van der Waals surface area contributed by atoms with Crippen molar-refractivity contribution in [2.75, 3.05) is 6.67 Å². The number of hydrogen-bond acceptors (Lipinski definition) is 2. The van der Waals surface area contributed by atoms with Gasteiger partial charge in [-0.05, 0) is 18.4 Å². The van der Waals surface area contributed by atoms with E-state index in [9.17, 15) is 13.6 Å². The van der Waals surface area contributed by atoms with Crippen LogP contribution in [0.4, 0.5) is 13.6 Å². The Morgan fingerprint density at radius 1 is 1.38 bits per heavy atom. The van der Waals surface area contributed by atoms with Gasteiger partial charge in [0.1, 0.15) is 19.0 Å². The van der Waals surface area contributed by atoms with Gasteiger partial charge in [0.15, 0.2) is 0 Å². The van der Waals surface area contributed by atoms with E-state index in [1.54, 1.807) is 24.3 Å². The average molecular weight is 299 g/mol. The maximum absolute atomic E-state index is 14.1. The lowest BCUT2D eigenvalue weighted by atomic mass is 9.91. The SMILES string of the molecule is O=C(O)NC1CCC(OC(CF)c2ccccc2)C(F)C1. The van der Waals surface area contributed by atoms with E-state index in [-0.39, 0.29) is 6.42 Å². The van der Waals surface area contributed by atoms with Gasteiger partial charge < -0.3 is 15.2 Å². The molecule has 0 spiro atoms. The molecule has 1 aromatic carbocycles. The number of ether oxygens (including phenoxy) is 1. The van der Waals surface area contributed by atoms with E-state index >= 15 is 0 Å². The number of halogens is 2. The van der Waals surface area contributed by atoms with E-state index in [2.05, 4.69) is 5.32 Å². The van der Waals surface area contributed by atoms with Crippen LogP contribution >= 0.6 is 0 Å². The number of hydrogen-bond donors (Lipinski definition) is 2. The molecule has 21 heavy (non-hydrogen) atoms. The van der Waals surface area contributed by atoms with Crippen molar-refractivity contribution in [1.82, 2.24) is 5.32 Å². The van der Waals surface area contributed by atoms with Crippen molar-refractivity contribution in [2.45, 2.75) is 43.7 Å². The van der Waals surface area contributed by atoms with Crippen molar-refractivity contribution in [1.29, 1.82) is 0 Å². The Bertz CT molecular complexity index is 457. The second-order valence-corrected chi connectivity index (χ2v) is 5.20. The number of rotatable bonds is 5. The third-order valence-corrected chi connectivity index (χ3v) is 3.69. The van der Waals surface area contributed by atoms with Gasteiger partial charge in [-0.25, -0.2) is 13.6 Å². The van der Waals surface area contributed by atoms with Crippen molar-refractivity contribution in [2.24, 2.45) is 0 Å². The van der Waals surface area contributed by atoms with Crippen LogP contribution in [0.15, 0.2) is 30.3 Å². The summed E-state index contributed by atoms with van der Waals surface area (Å²) < 4.78 is 32.8. The van der Waals surface area contributed by atoms with Gasteiger partial charge in [-0.2, -0.15) is 0 Å². The first-order chi connectivity index (χ1) is 10.1. The number of carboxylic acid groups (broad SMARTS) is 1. The molecule has 0 aliphatic heterocycles. The first kappa shape index (κ1) is 15.7. The van der Waals surface area contributed by atoms with Crippen LogP contribution in [0.1, 0.15) is 30.9 Å². The van der Waals surface area contributed by atoms with Gasteiger partial charge in [0.2, 0.25) is 0 Å². The molecule has 116 valence electrons. The van der Waals surface area contributed by atoms with E-state index in [0.717, 1.165) is 0 Å². The smallest absolute Gasteiger partial charge is 0.404 e. The first-order valence-electron chi connectivity index (χ1n) is 7.00. The van der Waals surface area contributed by atoms with E-state index in [0.29, 0.717) is 18.4 Å². The summed E-state index contributed by atoms with van der Waals surface area (Å²) >= 11 is 0. The molecular formula is C15H19F2NO3. The Kier molecular flexibility index (Phi) is 5.50. The highest BCUT2D eigenvalue weighted by Crippen LogP contribution is 2.29. The molecule has 6 heteroatoms. The molecule has 1 saturated carbocycles. The van der Waals surface area contributed by atoms with Crippen molar-refractivity contribution < 1.29 is 23.4 Å². The van der Waals surface area contributed by atoms with E-state index in [4.69, 9.17) is 9.84 Å². The zero-order chi connectivity index (χ0) is 15.2. The highest BCUT2D eigenvalue weighted by molar-refractivity contribution is 5.64. The van der Waals surface area contributed by atoms with Crippen LogP contribution in [0.3, 0.4) is 0 Å². The minimum Gasteiger partial charge on any atom is -0.465 e. The van der Waals surface area contributed by atoms with Crippen LogP contribution in [-0.4, -0.2) is 36.2 Å². The van der Waals surface area contributed by atoms with Gasteiger partial charge in [0.05, 0.1) is 6.10 Å². The fourth-order valence-corrected chi connectivity index (χ4v) is 2.63. The number of alkyl halides is 2. The normalized spacial score (nSPS) is 27.0. The van der Waals surface area contributed by atoms with Crippen molar-refractivity contribution in [3.05, 3.63) is 35.9 Å². The third kappa shape index (κ3) is 4.39. The highest BCUT2D eigenvalue weighted by Gasteiger charge is 2.33. The molecule has 0 heterocycles. The molecule has 1 fully saturated rings. The van der Waals surface area contributed by atoms with Crippen LogP contribution in [0.5, 0.6) is 0 Å². The lowest BCUT2D eigenvalue weighted by Crippen LogP contribution is -2.44. The Labute approximate surface area is 122 Å². The number of nitrogens with one attached hydrogen (secondary N) is 1. The fourth-order valence-electron chi connectivity index (χ4n) is 2.63. The summed E-state index contributed by atoms with van der Waals surface area (Å²) in [5.41, 5.74) is 0.679. The molecule has 4 nitrogen and oxygen atoms in total. The van der Waals surface area contributed by atoms with Crippen molar-refractivity contribution in [3.8, 4) is 0 Å². The summed E-state index contributed by atoms with van der Waals surface area (Å²) in [7, 11) is 0. The Hall–Kier alpha value is -1.69. The molecule has 0 bridgehead atoms. The van der Waals surface area contributed by atoms with Crippen LogP contribution in [-0.2, 0) is 4.74 Å². The van der Waals surface area contributed by atoms with Gasteiger partial charge >= 0.3 is 6.09 Å². The Morgan fingerprint density at radius 3 is 2.67 bits per heavy atom. The lowest BCUT2D eigenvalue weighted by Gasteiger charge is -2.33. The summed E-state index contributed by atoms with van der Waals surface area (Å²) in [6.07, 6.45) is -3.01. The number of carbonyl (C=O) groups is 1. The summed E-state index contributed by atoms with van der Waals surface area (Å²) in [6, 6.07) is 8.46. The van der Waals surface area contributed by atoms with E-state index < -0.39 is 37.2 Å². The van der Waals surface area contributed by atoms with E-state index in [1.807, 2.05) is 6.07 Å². The maximum atomic E-state index is 14.1. The maximum Gasteiger partial charge on any atom is 0.404 e. The topological polar surface area (TPSA) is 58.6 Å². The average Bonchev–Trinajstić information content (AvgIpc) is 2.47. The zero-order valence-corrected chi connectivity index (χ0v) is 11.5. The summed E-state index contributed by atoms with van der Waals surface area (Å²) in [4.78, 5) is 10.6. The van der Waals surface area contributed by atoms with Crippen LogP contribution in [0, 0.1) is 0 Å².